The summed E-state index contributed by atoms with van der Waals surface area (Å²) in [4.78, 5) is 24.2. The van der Waals surface area contributed by atoms with Crippen LogP contribution in [-0.2, 0) is 9.59 Å². The molecule has 5 unspecified atom stereocenters. The molecular weight excluding hydrogens is 262 g/mol. The summed E-state index contributed by atoms with van der Waals surface area (Å²) < 4.78 is 0. The summed E-state index contributed by atoms with van der Waals surface area (Å²) in [7, 11) is 0. The van der Waals surface area contributed by atoms with Gasteiger partial charge in [-0.1, -0.05) is 20.8 Å². The molecule has 0 aliphatic heterocycles. The molecule has 0 aromatic rings. The number of hydrogen-bond acceptors (Lipinski definition) is 2. The topological polar surface area (TPSA) is 46.2 Å². The lowest BCUT2D eigenvalue weighted by Gasteiger charge is -2.33. The van der Waals surface area contributed by atoms with Gasteiger partial charge in [0.1, 0.15) is 5.78 Å². The van der Waals surface area contributed by atoms with Crippen molar-refractivity contribution < 1.29 is 9.59 Å². The predicted octanol–water partition coefficient (Wildman–Crippen LogP) is 3.32. The molecule has 0 saturated heterocycles. The van der Waals surface area contributed by atoms with Crippen LogP contribution < -0.4 is 5.32 Å². The molecule has 3 aliphatic rings. The first-order valence-electron chi connectivity index (χ1n) is 8.65. The first-order chi connectivity index (χ1) is 9.83. The van der Waals surface area contributed by atoms with Crippen LogP contribution in [0.3, 0.4) is 0 Å². The van der Waals surface area contributed by atoms with Crippen LogP contribution in [0.1, 0.15) is 65.7 Å². The molecule has 0 aromatic carbocycles. The smallest absolute Gasteiger partial charge is 0.227 e. The molecule has 3 rings (SSSR count). The van der Waals surface area contributed by atoms with Crippen LogP contribution >= 0.6 is 0 Å². The second-order valence-electron chi connectivity index (χ2n) is 8.69. The Labute approximate surface area is 128 Å². The lowest BCUT2D eigenvalue weighted by Crippen LogP contribution is -2.43. The Morgan fingerprint density at radius 1 is 0.952 bits per heavy atom. The molecule has 3 heteroatoms. The number of hydrogen-bond donors (Lipinski definition) is 1. The highest BCUT2D eigenvalue weighted by Gasteiger charge is 2.45. The molecule has 3 nitrogen and oxygen atoms in total. The van der Waals surface area contributed by atoms with Crippen molar-refractivity contribution in [3.05, 3.63) is 0 Å². The number of ketones is 1. The van der Waals surface area contributed by atoms with E-state index in [4.69, 9.17) is 0 Å². The van der Waals surface area contributed by atoms with Crippen molar-refractivity contribution in [2.45, 2.75) is 71.8 Å². The van der Waals surface area contributed by atoms with Crippen molar-refractivity contribution in [1.29, 1.82) is 0 Å². The quantitative estimate of drug-likeness (QED) is 0.811. The van der Waals surface area contributed by atoms with Gasteiger partial charge in [0.2, 0.25) is 5.91 Å². The van der Waals surface area contributed by atoms with Gasteiger partial charge in [0, 0.05) is 11.5 Å². The summed E-state index contributed by atoms with van der Waals surface area (Å²) >= 11 is 0. The van der Waals surface area contributed by atoms with Gasteiger partial charge in [-0.15, -0.1) is 0 Å². The van der Waals surface area contributed by atoms with E-state index in [1.807, 2.05) is 20.8 Å². The van der Waals surface area contributed by atoms with Gasteiger partial charge in [-0.25, -0.2) is 0 Å². The summed E-state index contributed by atoms with van der Waals surface area (Å²) in [5.74, 6) is 3.39. The van der Waals surface area contributed by atoms with E-state index in [2.05, 4.69) is 5.32 Å². The number of nitrogens with one attached hydrogen (secondary N) is 1. The number of fused-ring (bicyclic) bond motifs is 2. The van der Waals surface area contributed by atoms with E-state index in [0.717, 1.165) is 24.2 Å². The summed E-state index contributed by atoms with van der Waals surface area (Å²) in [6, 6.07) is 0.320. The number of amides is 1. The van der Waals surface area contributed by atoms with Gasteiger partial charge in [0.15, 0.2) is 0 Å². The Morgan fingerprint density at radius 2 is 1.62 bits per heavy atom. The molecule has 0 radical (unpaired) electrons. The molecule has 1 amide bonds. The summed E-state index contributed by atoms with van der Waals surface area (Å²) in [6.07, 6.45) is 7.91. The van der Waals surface area contributed by atoms with E-state index in [1.165, 1.54) is 32.1 Å². The summed E-state index contributed by atoms with van der Waals surface area (Å²) in [5, 5.41) is 3.20. The maximum atomic E-state index is 12.2. The second-order valence-corrected chi connectivity index (χ2v) is 8.69. The Kier molecular flexibility index (Phi) is 3.87. The monoisotopic (exact) mass is 291 g/mol. The highest BCUT2D eigenvalue weighted by Crippen LogP contribution is 2.53. The molecule has 3 bridgehead atoms. The number of rotatable bonds is 3. The average molecular weight is 291 g/mol. The number of Topliss-reactive ketones (excluding diaryl/α,β-unsaturated/α-hetero) is 1. The standard InChI is InChI=1S/C18H29NO2/c1-18(2,3)16(20)10-17(21)19-15-5-4-12-6-11-7-13(12)9-14(15)8-11/h11-15H,4-10H2,1-3H3,(H,19,21). The molecule has 0 aromatic heterocycles. The van der Waals surface area contributed by atoms with Crippen LogP contribution in [-0.4, -0.2) is 17.7 Å². The lowest BCUT2D eigenvalue weighted by molar-refractivity contribution is -0.133. The van der Waals surface area contributed by atoms with Gasteiger partial charge < -0.3 is 5.32 Å². The predicted molar refractivity (Wildman–Crippen MR) is 82.7 cm³/mol. The second kappa shape index (κ2) is 5.40. The van der Waals surface area contributed by atoms with E-state index in [0.29, 0.717) is 12.0 Å². The molecule has 0 spiro atoms. The van der Waals surface area contributed by atoms with Crippen molar-refractivity contribution in [1.82, 2.24) is 5.32 Å². The van der Waals surface area contributed by atoms with E-state index in [1.54, 1.807) is 0 Å². The normalized spacial score (nSPS) is 38.1. The van der Waals surface area contributed by atoms with Crippen LogP contribution in [0.4, 0.5) is 0 Å². The highest BCUT2D eigenvalue weighted by atomic mass is 16.2. The molecule has 118 valence electrons. The maximum absolute atomic E-state index is 12.2. The van der Waals surface area contributed by atoms with Crippen molar-refractivity contribution in [2.75, 3.05) is 0 Å². The van der Waals surface area contributed by atoms with Crippen molar-refractivity contribution in [3.63, 3.8) is 0 Å². The molecule has 1 N–H and O–H groups in total. The maximum Gasteiger partial charge on any atom is 0.227 e. The molecule has 3 saturated carbocycles. The fourth-order valence-electron chi connectivity index (χ4n) is 4.90. The SMILES string of the molecule is CC(C)(C)C(=O)CC(=O)NC1CCC2CC3CC2CC1C3. The first-order valence-corrected chi connectivity index (χ1v) is 8.65. The lowest BCUT2D eigenvalue weighted by atomic mass is 9.77. The van der Waals surface area contributed by atoms with E-state index in [-0.39, 0.29) is 18.1 Å². The minimum Gasteiger partial charge on any atom is -0.353 e. The zero-order valence-electron chi connectivity index (χ0n) is 13.7. The Bertz CT molecular complexity index is 437. The van der Waals surface area contributed by atoms with Gasteiger partial charge in [0.05, 0.1) is 6.42 Å². The zero-order chi connectivity index (χ0) is 15.2. The van der Waals surface area contributed by atoms with E-state index >= 15 is 0 Å². The zero-order valence-corrected chi connectivity index (χ0v) is 13.7. The highest BCUT2D eigenvalue weighted by molar-refractivity contribution is 6.00. The molecule has 3 fully saturated rings. The van der Waals surface area contributed by atoms with Crippen LogP contribution in [0.5, 0.6) is 0 Å². The third-order valence-electron chi connectivity index (χ3n) is 6.10. The Hall–Kier alpha value is -0.860. The van der Waals surface area contributed by atoms with Crippen molar-refractivity contribution in [2.24, 2.45) is 29.1 Å². The van der Waals surface area contributed by atoms with Gasteiger partial charge in [-0.3, -0.25) is 9.59 Å². The molecular formula is C18H29NO2. The fraction of sp³-hybridized carbons (Fsp3) is 0.889. The molecule has 5 atom stereocenters. The average Bonchev–Trinajstić information content (AvgIpc) is 2.61. The molecule has 0 heterocycles. The third-order valence-corrected chi connectivity index (χ3v) is 6.10. The van der Waals surface area contributed by atoms with Crippen LogP contribution in [0.2, 0.25) is 0 Å². The largest absolute Gasteiger partial charge is 0.353 e. The number of carbonyl (C=O) groups is 2. The van der Waals surface area contributed by atoms with Crippen LogP contribution in [0, 0.1) is 29.1 Å². The fourth-order valence-corrected chi connectivity index (χ4v) is 4.90. The van der Waals surface area contributed by atoms with Crippen molar-refractivity contribution in [3.8, 4) is 0 Å². The minimum atomic E-state index is -0.418. The molecule has 3 aliphatic carbocycles. The Balaban J connectivity index is 1.58. The van der Waals surface area contributed by atoms with Gasteiger partial charge in [0.25, 0.3) is 0 Å². The van der Waals surface area contributed by atoms with Gasteiger partial charge >= 0.3 is 0 Å². The Morgan fingerprint density at radius 3 is 2.33 bits per heavy atom. The van der Waals surface area contributed by atoms with E-state index < -0.39 is 5.41 Å². The summed E-state index contributed by atoms with van der Waals surface area (Å²) in [5.41, 5.74) is -0.418. The molecule has 21 heavy (non-hydrogen) atoms. The first kappa shape index (κ1) is 15.1. The summed E-state index contributed by atoms with van der Waals surface area (Å²) in [6.45, 7) is 5.65. The van der Waals surface area contributed by atoms with Gasteiger partial charge in [-0.05, 0) is 62.2 Å². The minimum absolute atomic E-state index is 0.0398. The van der Waals surface area contributed by atoms with Crippen LogP contribution in [0.15, 0.2) is 0 Å². The van der Waals surface area contributed by atoms with Crippen LogP contribution in [0.25, 0.3) is 0 Å². The number of carbonyl (C=O) groups excluding carboxylic acids is 2. The van der Waals surface area contributed by atoms with E-state index in [9.17, 15) is 9.59 Å². The third kappa shape index (κ3) is 3.17. The van der Waals surface area contributed by atoms with Gasteiger partial charge in [-0.2, -0.15) is 0 Å². The van der Waals surface area contributed by atoms with Crippen molar-refractivity contribution >= 4 is 11.7 Å².